The van der Waals surface area contributed by atoms with Crippen LogP contribution in [0.15, 0.2) is 16.8 Å². The van der Waals surface area contributed by atoms with Crippen molar-refractivity contribution in [1.29, 1.82) is 0 Å². The SMILES string of the molecule is CC1CCC(c2nc(-c3cc(C(=O)O)cs3)cs2)O1. The molecular formula is C13H13NO3S2. The summed E-state index contributed by atoms with van der Waals surface area (Å²) in [7, 11) is 0. The van der Waals surface area contributed by atoms with Crippen LogP contribution >= 0.6 is 22.7 Å². The van der Waals surface area contributed by atoms with E-state index in [0.29, 0.717) is 11.7 Å². The first-order chi connectivity index (χ1) is 9.13. The average Bonchev–Trinajstić information content (AvgIpc) is 3.07. The fourth-order valence-electron chi connectivity index (χ4n) is 2.12. The Labute approximate surface area is 118 Å². The monoisotopic (exact) mass is 295 g/mol. The zero-order chi connectivity index (χ0) is 13.4. The van der Waals surface area contributed by atoms with Crippen molar-refractivity contribution in [3.05, 3.63) is 27.4 Å². The van der Waals surface area contributed by atoms with E-state index < -0.39 is 5.97 Å². The van der Waals surface area contributed by atoms with E-state index in [1.807, 2.05) is 5.38 Å². The van der Waals surface area contributed by atoms with Gasteiger partial charge in [-0.3, -0.25) is 0 Å². The molecule has 1 saturated heterocycles. The summed E-state index contributed by atoms with van der Waals surface area (Å²) in [4.78, 5) is 16.3. The van der Waals surface area contributed by atoms with Crippen molar-refractivity contribution in [3.8, 4) is 10.6 Å². The molecule has 6 heteroatoms. The molecule has 0 saturated carbocycles. The molecule has 2 atom stereocenters. The van der Waals surface area contributed by atoms with Crippen LogP contribution in [0.1, 0.15) is 41.2 Å². The van der Waals surface area contributed by atoms with Gasteiger partial charge in [0, 0.05) is 10.8 Å². The lowest BCUT2D eigenvalue weighted by Crippen LogP contribution is -2.00. The minimum Gasteiger partial charge on any atom is -0.478 e. The Balaban J connectivity index is 1.82. The minimum absolute atomic E-state index is 0.104. The number of hydrogen-bond donors (Lipinski definition) is 1. The van der Waals surface area contributed by atoms with Crippen LogP contribution in [0, 0.1) is 0 Å². The van der Waals surface area contributed by atoms with Gasteiger partial charge in [-0.15, -0.1) is 22.7 Å². The number of aromatic nitrogens is 1. The molecule has 19 heavy (non-hydrogen) atoms. The van der Waals surface area contributed by atoms with Crippen molar-refractivity contribution >= 4 is 28.6 Å². The molecule has 0 aliphatic carbocycles. The summed E-state index contributed by atoms with van der Waals surface area (Å²) < 4.78 is 5.80. The first kappa shape index (κ1) is 12.8. The number of nitrogens with zero attached hydrogens (tertiary/aromatic N) is 1. The standard InChI is InChI=1S/C13H13NO3S2/c1-7-2-3-10(17-7)12-14-9(6-19-12)11-4-8(5-18-11)13(15)16/h4-7,10H,2-3H2,1H3,(H,15,16). The third kappa shape index (κ3) is 2.56. The largest absolute Gasteiger partial charge is 0.478 e. The molecule has 1 fully saturated rings. The topological polar surface area (TPSA) is 59.4 Å². The van der Waals surface area contributed by atoms with Crippen molar-refractivity contribution < 1.29 is 14.6 Å². The normalized spacial score (nSPS) is 22.8. The molecule has 4 nitrogen and oxygen atoms in total. The van der Waals surface area contributed by atoms with Gasteiger partial charge in [0.25, 0.3) is 0 Å². The van der Waals surface area contributed by atoms with Crippen LogP contribution in [-0.2, 0) is 4.74 Å². The summed E-state index contributed by atoms with van der Waals surface area (Å²) in [5.41, 5.74) is 1.17. The van der Waals surface area contributed by atoms with Crippen molar-refractivity contribution in [2.45, 2.75) is 32.0 Å². The number of hydrogen-bond acceptors (Lipinski definition) is 5. The summed E-state index contributed by atoms with van der Waals surface area (Å²) in [5.74, 6) is -0.897. The summed E-state index contributed by atoms with van der Waals surface area (Å²) in [6, 6.07) is 1.67. The highest BCUT2D eigenvalue weighted by Gasteiger charge is 2.26. The second-order valence-corrected chi connectivity index (χ2v) is 6.39. The first-order valence-electron chi connectivity index (χ1n) is 6.06. The lowest BCUT2D eigenvalue weighted by molar-refractivity contribution is 0.0554. The number of carboxylic acid groups (broad SMARTS) is 1. The number of carbonyl (C=O) groups is 1. The van der Waals surface area contributed by atoms with Gasteiger partial charge in [0.05, 0.1) is 22.2 Å². The summed E-state index contributed by atoms with van der Waals surface area (Å²) >= 11 is 2.99. The highest BCUT2D eigenvalue weighted by atomic mass is 32.1. The second kappa shape index (κ2) is 5.03. The van der Waals surface area contributed by atoms with Crippen molar-refractivity contribution in [2.75, 3.05) is 0 Å². The Hall–Kier alpha value is -1.24. The van der Waals surface area contributed by atoms with E-state index in [9.17, 15) is 4.79 Å². The summed E-state index contributed by atoms with van der Waals surface area (Å²) in [6.45, 7) is 2.08. The van der Waals surface area contributed by atoms with Gasteiger partial charge in [0.1, 0.15) is 11.1 Å². The molecule has 3 rings (SSSR count). The molecular weight excluding hydrogens is 282 g/mol. The Morgan fingerprint density at radius 2 is 2.26 bits per heavy atom. The molecule has 1 aliphatic heterocycles. The van der Waals surface area contributed by atoms with Crippen molar-refractivity contribution in [3.63, 3.8) is 0 Å². The molecule has 0 bridgehead atoms. The molecule has 2 aromatic heterocycles. The Morgan fingerprint density at radius 1 is 1.42 bits per heavy atom. The van der Waals surface area contributed by atoms with E-state index in [1.54, 1.807) is 22.8 Å². The maximum Gasteiger partial charge on any atom is 0.336 e. The van der Waals surface area contributed by atoms with Gasteiger partial charge in [0.15, 0.2) is 0 Å². The highest BCUT2D eigenvalue weighted by Crippen LogP contribution is 2.36. The highest BCUT2D eigenvalue weighted by molar-refractivity contribution is 7.14. The van der Waals surface area contributed by atoms with Crippen LogP contribution in [0.3, 0.4) is 0 Å². The number of rotatable bonds is 3. The third-order valence-corrected chi connectivity index (χ3v) is 5.02. The molecule has 2 aromatic rings. The zero-order valence-corrected chi connectivity index (χ0v) is 12.0. The average molecular weight is 295 g/mol. The number of thiophene rings is 1. The Bertz CT molecular complexity index is 605. The van der Waals surface area contributed by atoms with Crippen LogP contribution in [0.25, 0.3) is 10.6 Å². The van der Waals surface area contributed by atoms with Gasteiger partial charge >= 0.3 is 5.97 Å². The van der Waals surface area contributed by atoms with E-state index >= 15 is 0 Å². The van der Waals surface area contributed by atoms with E-state index in [2.05, 4.69) is 11.9 Å². The second-order valence-electron chi connectivity index (χ2n) is 4.59. The van der Waals surface area contributed by atoms with Crippen molar-refractivity contribution in [1.82, 2.24) is 4.98 Å². The molecule has 3 heterocycles. The number of aromatic carboxylic acids is 1. The predicted molar refractivity (Wildman–Crippen MR) is 74.9 cm³/mol. The lowest BCUT2D eigenvalue weighted by Gasteiger charge is -2.06. The zero-order valence-electron chi connectivity index (χ0n) is 10.3. The number of carboxylic acids is 1. The van der Waals surface area contributed by atoms with Gasteiger partial charge in [-0.05, 0) is 25.8 Å². The van der Waals surface area contributed by atoms with E-state index in [4.69, 9.17) is 9.84 Å². The van der Waals surface area contributed by atoms with Crippen LogP contribution in [0.2, 0.25) is 0 Å². The van der Waals surface area contributed by atoms with Gasteiger partial charge in [0.2, 0.25) is 0 Å². The smallest absolute Gasteiger partial charge is 0.336 e. The van der Waals surface area contributed by atoms with Crippen LogP contribution in [-0.4, -0.2) is 22.2 Å². The molecule has 0 amide bonds. The molecule has 0 aromatic carbocycles. The first-order valence-corrected chi connectivity index (χ1v) is 7.82. The Kier molecular flexibility index (Phi) is 3.38. The maximum atomic E-state index is 10.9. The van der Waals surface area contributed by atoms with E-state index in [-0.39, 0.29) is 6.10 Å². The Morgan fingerprint density at radius 3 is 2.89 bits per heavy atom. The predicted octanol–water partition coefficient (Wildman–Crippen LogP) is 3.81. The third-order valence-electron chi connectivity index (χ3n) is 3.13. The number of ether oxygens (including phenoxy) is 1. The molecule has 100 valence electrons. The minimum atomic E-state index is -0.897. The van der Waals surface area contributed by atoms with Crippen LogP contribution in [0.5, 0.6) is 0 Å². The molecule has 0 spiro atoms. The van der Waals surface area contributed by atoms with Gasteiger partial charge in [-0.2, -0.15) is 0 Å². The van der Waals surface area contributed by atoms with Gasteiger partial charge in [-0.1, -0.05) is 0 Å². The summed E-state index contributed by atoms with van der Waals surface area (Å²) in [5, 5.41) is 13.5. The molecule has 1 N–H and O–H groups in total. The van der Waals surface area contributed by atoms with Gasteiger partial charge in [-0.25, -0.2) is 9.78 Å². The molecule has 0 radical (unpaired) electrons. The number of thiazole rings is 1. The van der Waals surface area contributed by atoms with Crippen LogP contribution in [0.4, 0.5) is 0 Å². The fraction of sp³-hybridized carbons (Fsp3) is 0.385. The maximum absolute atomic E-state index is 10.9. The fourth-order valence-corrected chi connectivity index (χ4v) is 3.92. The quantitative estimate of drug-likeness (QED) is 0.935. The van der Waals surface area contributed by atoms with E-state index in [1.165, 1.54) is 11.3 Å². The molecule has 2 unspecified atom stereocenters. The van der Waals surface area contributed by atoms with Gasteiger partial charge < -0.3 is 9.84 Å². The van der Waals surface area contributed by atoms with E-state index in [0.717, 1.165) is 28.4 Å². The van der Waals surface area contributed by atoms with Crippen molar-refractivity contribution in [2.24, 2.45) is 0 Å². The van der Waals surface area contributed by atoms with Crippen LogP contribution < -0.4 is 0 Å². The summed E-state index contributed by atoms with van der Waals surface area (Å²) in [6.07, 6.45) is 2.49. The molecule has 1 aliphatic rings. The lowest BCUT2D eigenvalue weighted by atomic mass is 10.2.